The van der Waals surface area contributed by atoms with E-state index in [0.29, 0.717) is 16.3 Å². The van der Waals surface area contributed by atoms with Crippen LogP contribution in [-0.4, -0.2) is 5.91 Å². The Labute approximate surface area is 115 Å². The molecule has 3 N–H and O–H groups in total. The Morgan fingerprint density at radius 1 is 1.26 bits per heavy atom. The fourth-order valence-electron chi connectivity index (χ4n) is 1.66. The van der Waals surface area contributed by atoms with Crippen LogP contribution in [0.3, 0.4) is 0 Å². The van der Waals surface area contributed by atoms with E-state index in [1.165, 1.54) is 18.2 Å². The summed E-state index contributed by atoms with van der Waals surface area (Å²) in [5.74, 6) is -0.831. The average Bonchev–Trinajstić information content (AvgIpc) is 2.36. The average molecular weight is 279 g/mol. The number of benzene rings is 2. The van der Waals surface area contributed by atoms with E-state index in [4.69, 9.17) is 17.3 Å². The Balaban J connectivity index is 2.25. The number of hydrogen-bond donors (Lipinski definition) is 2. The molecule has 19 heavy (non-hydrogen) atoms. The van der Waals surface area contributed by atoms with Crippen molar-refractivity contribution in [3.8, 4) is 0 Å². The Bertz CT molecular complexity index is 643. The number of carbonyl (C=O) groups excluding carboxylic acids is 1. The molecule has 0 aromatic heterocycles. The van der Waals surface area contributed by atoms with Crippen LogP contribution in [0.2, 0.25) is 5.02 Å². The zero-order valence-electron chi connectivity index (χ0n) is 10.2. The first-order valence-electron chi connectivity index (χ1n) is 5.60. The molecular weight excluding hydrogens is 267 g/mol. The van der Waals surface area contributed by atoms with Gasteiger partial charge in [0, 0.05) is 16.3 Å². The van der Waals surface area contributed by atoms with Crippen LogP contribution in [0.5, 0.6) is 0 Å². The molecule has 0 spiro atoms. The van der Waals surface area contributed by atoms with Gasteiger partial charge >= 0.3 is 0 Å². The quantitative estimate of drug-likeness (QED) is 0.824. The van der Waals surface area contributed by atoms with Gasteiger partial charge in [0.1, 0.15) is 5.82 Å². The number of nitrogens with one attached hydrogen (secondary N) is 1. The second-order valence-electron chi connectivity index (χ2n) is 4.15. The number of rotatable bonds is 2. The second kappa shape index (κ2) is 5.28. The third-order valence-electron chi connectivity index (χ3n) is 2.70. The third-order valence-corrected chi connectivity index (χ3v) is 2.93. The number of hydrogen-bond acceptors (Lipinski definition) is 2. The second-order valence-corrected chi connectivity index (χ2v) is 4.59. The van der Waals surface area contributed by atoms with Gasteiger partial charge in [-0.2, -0.15) is 0 Å². The maximum atomic E-state index is 13.0. The van der Waals surface area contributed by atoms with Gasteiger partial charge in [-0.3, -0.25) is 4.79 Å². The molecule has 0 radical (unpaired) electrons. The molecule has 2 aromatic carbocycles. The summed E-state index contributed by atoms with van der Waals surface area (Å²) in [5, 5.41) is 3.13. The predicted octanol–water partition coefficient (Wildman–Crippen LogP) is 3.62. The van der Waals surface area contributed by atoms with Crippen LogP contribution >= 0.6 is 11.6 Å². The molecule has 0 bridgehead atoms. The number of halogens is 2. The van der Waals surface area contributed by atoms with E-state index in [-0.39, 0.29) is 11.6 Å². The SMILES string of the molecule is Cc1ccc(Cl)cc1C(=O)Nc1ccc(F)c(N)c1. The van der Waals surface area contributed by atoms with Gasteiger partial charge in [0.15, 0.2) is 0 Å². The van der Waals surface area contributed by atoms with Gasteiger partial charge in [-0.1, -0.05) is 17.7 Å². The topological polar surface area (TPSA) is 55.1 Å². The molecule has 2 aromatic rings. The van der Waals surface area contributed by atoms with Gasteiger partial charge in [-0.25, -0.2) is 4.39 Å². The lowest BCUT2D eigenvalue weighted by molar-refractivity contribution is 0.102. The van der Waals surface area contributed by atoms with Crippen molar-refractivity contribution in [3.05, 3.63) is 58.4 Å². The summed E-state index contributed by atoms with van der Waals surface area (Å²) in [5.41, 5.74) is 7.13. The molecule has 0 saturated carbocycles. The van der Waals surface area contributed by atoms with Crippen LogP contribution in [0.15, 0.2) is 36.4 Å². The molecule has 0 aliphatic carbocycles. The number of anilines is 2. The van der Waals surface area contributed by atoms with Crippen LogP contribution in [0, 0.1) is 12.7 Å². The normalized spacial score (nSPS) is 10.3. The Hall–Kier alpha value is -2.07. The van der Waals surface area contributed by atoms with E-state index in [1.54, 1.807) is 18.2 Å². The fraction of sp³-hybridized carbons (Fsp3) is 0.0714. The molecule has 0 aliphatic heterocycles. The fourth-order valence-corrected chi connectivity index (χ4v) is 1.83. The maximum absolute atomic E-state index is 13.0. The van der Waals surface area contributed by atoms with E-state index in [9.17, 15) is 9.18 Å². The van der Waals surface area contributed by atoms with Crippen LogP contribution in [-0.2, 0) is 0 Å². The molecule has 0 fully saturated rings. The molecule has 0 atom stereocenters. The number of aryl methyl sites for hydroxylation is 1. The minimum absolute atomic E-state index is 0.0133. The monoisotopic (exact) mass is 278 g/mol. The summed E-state index contributed by atoms with van der Waals surface area (Å²) in [6.07, 6.45) is 0. The van der Waals surface area contributed by atoms with Crippen molar-refractivity contribution < 1.29 is 9.18 Å². The summed E-state index contributed by atoms with van der Waals surface area (Å²) in [4.78, 5) is 12.1. The lowest BCUT2D eigenvalue weighted by Gasteiger charge is -2.09. The lowest BCUT2D eigenvalue weighted by atomic mass is 10.1. The van der Waals surface area contributed by atoms with Gasteiger partial charge in [-0.05, 0) is 42.8 Å². The van der Waals surface area contributed by atoms with Crippen LogP contribution in [0.1, 0.15) is 15.9 Å². The first-order valence-corrected chi connectivity index (χ1v) is 5.97. The zero-order chi connectivity index (χ0) is 14.0. The smallest absolute Gasteiger partial charge is 0.255 e. The van der Waals surface area contributed by atoms with Crippen molar-refractivity contribution in [1.29, 1.82) is 0 Å². The van der Waals surface area contributed by atoms with Gasteiger partial charge in [-0.15, -0.1) is 0 Å². The van der Waals surface area contributed by atoms with Crippen LogP contribution < -0.4 is 11.1 Å². The molecule has 0 saturated heterocycles. The third kappa shape index (κ3) is 3.03. The number of amides is 1. The Morgan fingerprint density at radius 2 is 2.00 bits per heavy atom. The van der Waals surface area contributed by atoms with E-state index < -0.39 is 5.82 Å². The minimum Gasteiger partial charge on any atom is -0.396 e. The van der Waals surface area contributed by atoms with Crippen LogP contribution in [0.25, 0.3) is 0 Å². The number of carbonyl (C=O) groups is 1. The highest BCUT2D eigenvalue weighted by Gasteiger charge is 2.10. The summed E-state index contributed by atoms with van der Waals surface area (Å²) in [6.45, 7) is 1.81. The number of nitrogen functional groups attached to an aromatic ring is 1. The summed E-state index contributed by atoms with van der Waals surface area (Å²) < 4.78 is 13.0. The molecule has 0 heterocycles. The van der Waals surface area contributed by atoms with Gasteiger partial charge < -0.3 is 11.1 Å². The molecule has 0 aliphatic rings. The van der Waals surface area contributed by atoms with E-state index >= 15 is 0 Å². The molecular formula is C14H12ClFN2O. The molecule has 5 heteroatoms. The maximum Gasteiger partial charge on any atom is 0.255 e. The number of nitrogens with two attached hydrogens (primary N) is 1. The van der Waals surface area contributed by atoms with E-state index in [0.717, 1.165) is 5.56 Å². The van der Waals surface area contributed by atoms with Gasteiger partial charge in [0.05, 0.1) is 5.69 Å². The first kappa shape index (κ1) is 13.4. The minimum atomic E-state index is -0.517. The molecule has 2 rings (SSSR count). The summed E-state index contributed by atoms with van der Waals surface area (Å²) in [6, 6.07) is 9.07. The molecule has 0 unspecified atom stereocenters. The van der Waals surface area contributed by atoms with Crippen molar-refractivity contribution in [2.45, 2.75) is 6.92 Å². The van der Waals surface area contributed by atoms with Gasteiger partial charge in [0.2, 0.25) is 0 Å². The first-order chi connectivity index (χ1) is 8.97. The highest BCUT2D eigenvalue weighted by atomic mass is 35.5. The van der Waals surface area contributed by atoms with Crippen LogP contribution in [0.4, 0.5) is 15.8 Å². The largest absolute Gasteiger partial charge is 0.396 e. The van der Waals surface area contributed by atoms with Crippen molar-refractivity contribution in [2.75, 3.05) is 11.1 Å². The Morgan fingerprint density at radius 3 is 2.68 bits per heavy atom. The van der Waals surface area contributed by atoms with Crippen molar-refractivity contribution >= 4 is 28.9 Å². The molecule has 98 valence electrons. The standard InChI is InChI=1S/C14H12ClFN2O/c1-8-2-3-9(15)6-11(8)14(19)18-10-4-5-12(16)13(17)7-10/h2-7H,17H2,1H3,(H,18,19). The zero-order valence-corrected chi connectivity index (χ0v) is 11.0. The van der Waals surface area contributed by atoms with E-state index in [2.05, 4.69) is 5.32 Å². The molecule has 1 amide bonds. The molecule has 3 nitrogen and oxygen atoms in total. The Kier molecular flexibility index (Phi) is 3.71. The summed E-state index contributed by atoms with van der Waals surface area (Å²) >= 11 is 5.86. The van der Waals surface area contributed by atoms with Crippen molar-refractivity contribution in [2.24, 2.45) is 0 Å². The highest BCUT2D eigenvalue weighted by Crippen LogP contribution is 2.19. The lowest BCUT2D eigenvalue weighted by Crippen LogP contribution is -2.13. The van der Waals surface area contributed by atoms with E-state index in [1.807, 2.05) is 6.92 Å². The van der Waals surface area contributed by atoms with Crippen molar-refractivity contribution in [3.63, 3.8) is 0 Å². The predicted molar refractivity (Wildman–Crippen MR) is 75.0 cm³/mol. The van der Waals surface area contributed by atoms with Gasteiger partial charge in [0.25, 0.3) is 5.91 Å². The highest BCUT2D eigenvalue weighted by molar-refractivity contribution is 6.31. The van der Waals surface area contributed by atoms with Crippen molar-refractivity contribution in [1.82, 2.24) is 0 Å². The summed E-state index contributed by atoms with van der Waals surface area (Å²) in [7, 11) is 0.